The van der Waals surface area contributed by atoms with E-state index in [9.17, 15) is 9.59 Å². The lowest BCUT2D eigenvalue weighted by Gasteiger charge is -2.13. The highest BCUT2D eigenvalue weighted by molar-refractivity contribution is 6.47. The molecule has 0 atom stereocenters. The van der Waals surface area contributed by atoms with Crippen molar-refractivity contribution < 1.29 is 19.3 Å². The van der Waals surface area contributed by atoms with Gasteiger partial charge in [0.15, 0.2) is 5.71 Å². The summed E-state index contributed by atoms with van der Waals surface area (Å²) in [5, 5.41) is 9.63. The smallest absolute Gasteiger partial charge is 0.323 e. The SMILES string of the molecule is C/C=N\OCc1ccccc1/C(=N\OC)C(=O)NC(=O)N(C)C. The van der Waals surface area contributed by atoms with Gasteiger partial charge in [0.1, 0.15) is 13.7 Å². The summed E-state index contributed by atoms with van der Waals surface area (Å²) in [6, 6.07) is 6.45. The number of hydrogen-bond acceptors (Lipinski definition) is 6. The molecule has 0 heterocycles. The fourth-order valence-electron chi connectivity index (χ4n) is 1.63. The third-order valence-corrected chi connectivity index (χ3v) is 2.70. The summed E-state index contributed by atoms with van der Waals surface area (Å²) < 4.78 is 0. The van der Waals surface area contributed by atoms with Gasteiger partial charge in [-0.05, 0) is 6.92 Å². The van der Waals surface area contributed by atoms with Crippen LogP contribution < -0.4 is 5.32 Å². The van der Waals surface area contributed by atoms with Crippen LogP contribution in [0.1, 0.15) is 18.1 Å². The second-order valence-electron chi connectivity index (χ2n) is 4.57. The minimum absolute atomic E-state index is 0.0256. The van der Waals surface area contributed by atoms with Crippen molar-refractivity contribution in [3.05, 3.63) is 35.4 Å². The molecule has 0 aliphatic heterocycles. The maximum absolute atomic E-state index is 12.3. The first-order valence-corrected chi connectivity index (χ1v) is 6.83. The van der Waals surface area contributed by atoms with Crippen molar-refractivity contribution in [2.75, 3.05) is 21.2 Å². The number of amides is 3. The van der Waals surface area contributed by atoms with Gasteiger partial charge in [-0.25, -0.2) is 4.79 Å². The van der Waals surface area contributed by atoms with E-state index in [4.69, 9.17) is 9.68 Å². The molecule has 3 amide bonds. The molecule has 8 heteroatoms. The van der Waals surface area contributed by atoms with Crippen molar-refractivity contribution in [2.24, 2.45) is 10.3 Å². The number of imide groups is 1. The van der Waals surface area contributed by atoms with Crippen LogP contribution in [0.2, 0.25) is 0 Å². The highest BCUT2D eigenvalue weighted by Crippen LogP contribution is 2.12. The summed E-state index contributed by atoms with van der Waals surface area (Å²) in [5.74, 6) is -0.669. The van der Waals surface area contributed by atoms with E-state index in [1.165, 1.54) is 32.3 Å². The van der Waals surface area contributed by atoms with Gasteiger partial charge in [0.25, 0.3) is 5.91 Å². The fourth-order valence-corrected chi connectivity index (χ4v) is 1.63. The quantitative estimate of drug-likeness (QED) is 0.632. The van der Waals surface area contributed by atoms with Gasteiger partial charge in [-0.1, -0.05) is 34.6 Å². The molecule has 23 heavy (non-hydrogen) atoms. The maximum Gasteiger partial charge on any atom is 0.323 e. The molecule has 1 aromatic carbocycles. The molecule has 0 aliphatic rings. The summed E-state index contributed by atoms with van der Waals surface area (Å²) in [5.41, 5.74) is 1.15. The lowest BCUT2D eigenvalue weighted by molar-refractivity contribution is -0.114. The normalized spacial score (nSPS) is 11.2. The number of oxime groups is 2. The van der Waals surface area contributed by atoms with Crippen LogP contribution in [0.25, 0.3) is 0 Å². The van der Waals surface area contributed by atoms with Gasteiger partial charge in [-0.2, -0.15) is 0 Å². The van der Waals surface area contributed by atoms with Crippen LogP contribution in [0.4, 0.5) is 4.79 Å². The van der Waals surface area contributed by atoms with Gasteiger partial charge in [0.2, 0.25) is 0 Å². The summed E-state index contributed by atoms with van der Waals surface area (Å²) in [6.07, 6.45) is 1.51. The first-order valence-electron chi connectivity index (χ1n) is 6.83. The van der Waals surface area contributed by atoms with Gasteiger partial charge < -0.3 is 14.6 Å². The number of carbonyl (C=O) groups is 2. The van der Waals surface area contributed by atoms with E-state index in [1.807, 2.05) is 0 Å². The Labute approximate surface area is 134 Å². The van der Waals surface area contributed by atoms with Crippen LogP contribution in [0, 0.1) is 0 Å². The van der Waals surface area contributed by atoms with Gasteiger partial charge in [-0.3, -0.25) is 10.1 Å². The van der Waals surface area contributed by atoms with Gasteiger partial charge in [-0.15, -0.1) is 0 Å². The van der Waals surface area contributed by atoms with Crippen LogP contribution >= 0.6 is 0 Å². The Morgan fingerprint density at radius 2 is 2.00 bits per heavy atom. The predicted molar refractivity (Wildman–Crippen MR) is 86.2 cm³/mol. The minimum Gasteiger partial charge on any atom is -0.398 e. The molecule has 0 aliphatic carbocycles. The van der Waals surface area contributed by atoms with Crippen LogP contribution in [-0.2, 0) is 21.1 Å². The Morgan fingerprint density at radius 1 is 1.30 bits per heavy atom. The molecule has 124 valence electrons. The monoisotopic (exact) mass is 320 g/mol. The average molecular weight is 320 g/mol. The predicted octanol–water partition coefficient (Wildman–Crippen LogP) is 1.36. The lowest BCUT2D eigenvalue weighted by Crippen LogP contribution is -2.42. The number of nitrogens with one attached hydrogen (secondary N) is 1. The van der Waals surface area contributed by atoms with Crippen LogP contribution in [0.3, 0.4) is 0 Å². The number of urea groups is 1. The van der Waals surface area contributed by atoms with Gasteiger partial charge in [0.05, 0.1) is 0 Å². The Kier molecular flexibility index (Phi) is 7.25. The van der Waals surface area contributed by atoms with Crippen LogP contribution in [0.15, 0.2) is 34.6 Å². The van der Waals surface area contributed by atoms with Crippen molar-refractivity contribution in [1.29, 1.82) is 0 Å². The Morgan fingerprint density at radius 3 is 2.61 bits per heavy atom. The molecule has 1 N–H and O–H groups in total. The number of nitrogens with zero attached hydrogens (tertiary/aromatic N) is 3. The highest BCUT2D eigenvalue weighted by atomic mass is 16.6. The fraction of sp³-hybridized carbons (Fsp3) is 0.333. The molecule has 1 aromatic rings. The topological polar surface area (TPSA) is 92.6 Å². The van der Waals surface area contributed by atoms with Gasteiger partial charge in [0, 0.05) is 31.4 Å². The van der Waals surface area contributed by atoms with Crippen LogP contribution in [0.5, 0.6) is 0 Å². The third kappa shape index (κ3) is 5.42. The summed E-state index contributed by atoms with van der Waals surface area (Å²) in [4.78, 5) is 35.0. The van der Waals surface area contributed by atoms with Crippen molar-refractivity contribution >= 4 is 23.9 Å². The second kappa shape index (κ2) is 9.19. The van der Waals surface area contributed by atoms with E-state index in [0.29, 0.717) is 11.1 Å². The zero-order chi connectivity index (χ0) is 17.2. The molecule has 0 bridgehead atoms. The van der Waals surface area contributed by atoms with E-state index in [-0.39, 0.29) is 12.3 Å². The van der Waals surface area contributed by atoms with E-state index >= 15 is 0 Å². The molecule has 0 radical (unpaired) electrons. The molecular formula is C15H20N4O4. The van der Waals surface area contributed by atoms with E-state index in [2.05, 4.69) is 15.6 Å². The summed E-state index contributed by atoms with van der Waals surface area (Å²) in [6.45, 7) is 1.88. The molecule has 0 fully saturated rings. The largest absolute Gasteiger partial charge is 0.398 e. The molecule has 0 saturated carbocycles. The number of benzene rings is 1. The lowest BCUT2D eigenvalue weighted by atomic mass is 10.0. The highest BCUT2D eigenvalue weighted by Gasteiger charge is 2.21. The standard InChI is InChI=1S/C15H20N4O4/c1-5-16-23-10-11-8-6-7-9-12(11)13(18-22-4)14(20)17-15(21)19(2)3/h5-9H,10H2,1-4H3,(H,17,20,21)/b16-5-,18-13+. The third-order valence-electron chi connectivity index (χ3n) is 2.70. The first kappa shape index (κ1) is 18.1. The molecule has 0 saturated heterocycles. The molecule has 8 nitrogen and oxygen atoms in total. The van der Waals surface area contributed by atoms with Gasteiger partial charge >= 0.3 is 6.03 Å². The molecule has 0 aromatic heterocycles. The van der Waals surface area contributed by atoms with E-state index < -0.39 is 11.9 Å². The number of carbonyl (C=O) groups excluding carboxylic acids is 2. The summed E-state index contributed by atoms with van der Waals surface area (Å²) in [7, 11) is 4.38. The molecule has 1 rings (SSSR count). The Balaban J connectivity index is 3.08. The van der Waals surface area contributed by atoms with Crippen molar-refractivity contribution in [2.45, 2.75) is 13.5 Å². The minimum atomic E-state index is -0.669. The Bertz CT molecular complexity index is 611. The first-order chi connectivity index (χ1) is 11.0. The molecule has 0 spiro atoms. The van der Waals surface area contributed by atoms with E-state index in [1.54, 1.807) is 31.2 Å². The maximum atomic E-state index is 12.3. The van der Waals surface area contributed by atoms with Crippen molar-refractivity contribution in [3.63, 3.8) is 0 Å². The van der Waals surface area contributed by atoms with Crippen molar-refractivity contribution in [3.8, 4) is 0 Å². The van der Waals surface area contributed by atoms with Crippen molar-refractivity contribution in [1.82, 2.24) is 10.2 Å². The number of hydrogen-bond donors (Lipinski definition) is 1. The van der Waals surface area contributed by atoms with E-state index in [0.717, 1.165) is 0 Å². The average Bonchev–Trinajstić information content (AvgIpc) is 2.53. The zero-order valence-corrected chi connectivity index (χ0v) is 13.6. The Hall–Kier alpha value is -2.90. The molecular weight excluding hydrogens is 300 g/mol. The second-order valence-corrected chi connectivity index (χ2v) is 4.57. The number of rotatable bonds is 6. The zero-order valence-electron chi connectivity index (χ0n) is 13.6. The molecule has 0 unspecified atom stereocenters. The summed E-state index contributed by atoms with van der Waals surface area (Å²) >= 11 is 0. The van der Waals surface area contributed by atoms with Crippen LogP contribution in [-0.4, -0.2) is 50.0 Å².